The first-order chi connectivity index (χ1) is 14.1. The number of amides is 1. The highest BCUT2D eigenvalue weighted by molar-refractivity contribution is 9.10. The monoisotopic (exact) mass is 522 g/mol. The highest BCUT2D eigenvalue weighted by atomic mass is 79.9. The topological polar surface area (TPSA) is 95.5 Å². The molecule has 1 aliphatic rings. The summed E-state index contributed by atoms with van der Waals surface area (Å²) < 4.78 is 55.7. The SMILES string of the molecule is O=C(Nc1ccc(F)c(Br)c1)c1cc(S(=O)(=O)NC2CCC(O)CC2)c(F)cc1Cl. The Kier molecular flexibility index (Phi) is 7.13. The molecular weight excluding hydrogens is 506 g/mol. The van der Waals surface area contributed by atoms with Crippen molar-refractivity contribution < 1.29 is 27.1 Å². The first kappa shape index (κ1) is 23.1. The number of anilines is 1. The summed E-state index contributed by atoms with van der Waals surface area (Å²) >= 11 is 8.96. The molecule has 162 valence electrons. The fourth-order valence-corrected chi connectivity index (χ4v) is 5.16. The quantitative estimate of drug-likeness (QED) is 0.547. The second kappa shape index (κ2) is 9.27. The van der Waals surface area contributed by atoms with Gasteiger partial charge in [-0.3, -0.25) is 4.79 Å². The molecular formula is C19H18BrClF2N2O4S. The van der Waals surface area contributed by atoms with Crippen molar-refractivity contribution in [2.45, 2.75) is 42.7 Å². The number of aliphatic hydroxyl groups excluding tert-OH is 1. The predicted molar refractivity (Wildman–Crippen MR) is 112 cm³/mol. The molecule has 0 saturated heterocycles. The molecule has 1 saturated carbocycles. The Bertz CT molecular complexity index is 1080. The fourth-order valence-electron chi connectivity index (χ4n) is 3.16. The van der Waals surface area contributed by atoms with Gasteiger partial charge in [0.05, 0.1) is 21.2 Å². The second-order valence-electron chi connectivity index (χ2n) is 6.97. The molecule has 1 fully saturated rings. The van der Waals surface area contributed by atoms with Crippen molar-refractivity contribution in [2.75, 3.05) is 5.32 Å². The van der Waals surface area contributed by atoms with Crippen molar-refractivity contribution in [1.82, 2.24) is 4.72 Å². The van der Waals surface area contributed by atoms with Gasteiger partial charge in [-0.15, -0.1) is 0 Å². The van der Waals surface area contributed by atoms with E-state index in [0.717, 1.165) is 18.2 Å². The Hall–Kier alpha value is -1.59. The van der Waals surface area contributed by atoms with Crippen LogP contribution in [0.2, 0.25) is 5.02 Å². The van der Waals surface area contributed by atoms with Crippen LogP contribution in [0.3, 0.4) is 0 Å². The highest BCUT2D eigenvalue weighted by Gasteiger charge is 2.28. The smallest absolute Gasteiger partial charge is 0.257 e. The minimum Gasteiger partial charge on any atom is -0.393 e. The molecule has 3 N–H and O–H groups in total. The molecule has 1 amide bonds. The number of nitrogens with one attached hydrogen (secondary N) is 2. The molecule has 0 radical (unpaired) electrons. The molecule has 3 rings (SSSR count). The summed E-state index contributed by atoms with van der Waals surface area (Å²) in [5.41, 5.74) is -0.0186. The van der Waals surface area contributed by atoms with Gasteiger partial charge >= 0.3 is 0 Å². The van der Waals surface area contributed by atoms with E-state index in [1.807, 2.05) is 0 Å². The molecule has 0 aromatic heterocycles. The summed E-state index contributed by atoms with van der Waals surface area (Å²) in [6.45, 7) is 0. The van der Waals surface area contributed by atoms with Gasteiger partial charge < -0.3 is 10.4 Å². The number of hydrogen-bond donors (Lipinski definition) is 3. The van der Waals surface area contributed by atoms with Crippen molar-refractivity contribution in [3.8, 4) is 0 Å². The van der Waals surface area contributed by atoms with E-state index in [2.05, 4.69) is 26.0 Å². The predicted octanol–water partition coefficient (Wildman–Crippen LogP) is 4.21. The number of benzene rings is 2. The molecule has 0 atom stereocenters. The van der Waals surface area contributed by atoms with Gasteiger partial charge in [0.2, 0.25) is 10.0 Å². The van der Waals surface area contributed by atoms with E-state index in [1.54, 1.807) is 0 Å². The number of rotatable bonds is 5. The van der Waals surface area contributed by atoms with Gasteiger partial charge in [-0.2, -0.15) is 0 Å². The van der Waals surface area contributed by atoms with Crippen LogP contribution in [0.1, 0.15) is 36.0 Å². The Morgan fingerprint density at radius 3 is 2.40 bits per heavy atom. The van der Waals surface area contributed by atoms with Crippen molar-refractivity contribution in [3.05, 3.63) is 57.0 Å². The number of carbonyl (C=O) groups excluding carboxylic acids is 1. The third kappa shape index (κ3) is 5.36. The average molecular weight is 524 g/mol. The zero-order valence-corrected chi connectivity index (χ0v) is 18.6. The third-order valence-corrected chi connectivity index (χ3v) is 7.21. The van der Waals surface area contributed by atoms with E-state index in [0.29, 0.717) is 25.7 Å². The summed E-state index contributed by atoms with van der Waals surface area (Å²) in [5.74, 6) is -2.40. The average Bonchev–Trinajstić information content (AvgIpc) is 2.66. The molecule has 0 heterocycles. The van der Waals surface area contributed by atoms with Crippen LogP contribution >= 0.6 is 27.5 Å². The minimum absolute atomic E-state index is 0.121. The van der Waals surface area contributed by atoms with Gasteiger partial charge in [-0.05, 0) is 71.9 Å². The first-order valence-electron chi connectivity index (χ1n) is 9.02. The summed E-state index contributed by atoms with van der Waals surface area (Å²) in [6.07, 6.45) is 1.25. The van der Waals surface area contributed by atoms with Crippen LogP contribution < -0.4 is 10.0 Å². The molecule has 11 heteroatoms. The molecule has 0 unspecified atom stereocenters. The summed E-state index contributed by atoms with van der Waals surface area (Å²) in [6, 6.07) is 4.95. The lowest BCUT2D eigenvalue weighted by Gasteiger charge is -2.26. The van der Waals surface area contributed by atoms with Crippen LogP contribution in [-0.4, -0.2) is 31.6 Å². The Morgan fingerprint density at radius 2 is 1.77 bits per heavy atom. The lowest BCUT2D eigenvalue weighted by atomic mass is 9.94. The molecule has 6 nitrogen and oxygen atoms in total. The minimum atomic E-state index is -4.27. The van der Waals surface area contributed by atoms with Crippen LogP contribution in [-0.2, 0) is 10.0 Å². The van der Waals surface area contributed by atoms with Crippen molar-refractivity contribution in [2.24, 2.45) is 0 Å². The van der Waals surface area contributed by atoms with Crippen LogP contribution in [0, 0.1) is 11.6 Å². The van der Waals surface area contributed by atoms with Crippen LogP contribution in [0.5, 0.6) is 0 Å². The van der Waals surface area contributed by atoms with E-state index >= 15 is 0 Å². The first-order valence-corrected chi connectivity index (χ1v) is 11.7. The van der Waals surface area contributed by atoms with E-state index < -0.39 is 44.6 Å². The largest absolute Gasteiger partial charge is 0.393 e. The maximum atomic E-state index is 14.4. The van der Waals surface area contributed by atoms with Gasteiger partial charge in [0.15, 0.2) is 0 Å². The maximum absolute atomic E-state index is 14.4. The number of hydrogen-bond acceptors (Lipinski definition) is 4. The number of sulfonamides is 1. The Labute approximate surface area is 185 Å². The molecule has 0 bridgehead atoms. The molecule has 0 spiro atoms. The van der Waals surface area contributed by atoms with E-state index in [4.69, 9.17) is 11.6 Å². The standard InChI is InChI=1S/C19H18BrClF2N2O4S/c20-14-7-11(3-6-16(14)22)24-19(27)13-8-18(17(23)9-15(13)21)30(28,29)25-10-1-4-12(26)5-2-10/h3,6-10,12,25-26H,1-2,4-5H2,(H,24,27). The molecule has 1 aliphatic carbocycles. The van der Waals surface area contributed by atoms with Crippen molar-refractivity contribution in [3.63, 3.8) is 0 Å². The number of aliphatic hydroxyl groups is 1. The molecule has 0 aliphatic heterocycles. The van der Waals surface area contributed by atoms with Crippen molar-refractivity contribution >= 4 is 49.1 Å². The van der Waals surface area contributed by atoms with Gasteiger partial charge in [-0.25, -0.2) is 21.9 Å². The lowest BCUT2D eigenvalue weighted by molar-refractivity contribution is 0.102. The van der Waals surface area contributed by atoms with Crippen molar-refractivity contribution in [1.29, 1.82) is 0 Å². The zero-order chi connectivity index (χ0) is 22.1. The Morgan fingerprint density at radius 1 is 1.10 bits per heavy atom. The van der Waals surface area contributed by atoms with Crippen LogP contribution in [0.25, 0.3) is 0 Å². The number of carbonyl (C=O) groups is 1. The molecule has 2 aromatic rings. The van der Waals surface area contributed by atoms with E-state index in [1.165, 1.54) is 12.1 Å². The summed E-state index contributed by atoms with van der Waals surface area (Å²) in [7, 11) is -4.27. The van der Waals surface area contributed by atoms with Gasteiger partial charge in [-0.1, -0.05) is 11.6 Å². The number of halogens is 4. The normalized spacial score (nSPS) is 19.5. The van der Waals surface area contributed by atoms with Gasteiger partial charge in [0.1, 0.15) is 16.5 Å². The lowest BCUT2D eigenvalue weighted by Crippen LogP contribution is -2.39. The fraction of sp³-hybridized carbons (Fsp3) is 0.316. The van der Waals surface area contributed by atoms with E-state index in [-0.39, 0.29) is 20.7 Å². The third-order valence-electron chi connectivity index (χ3n) is 4.75. The maximum Gasteiger partial charge on any atom is 0.257 e. The zero-order valence-electron chi connectivity index (χ0n) is 15.5. The van der Waals surface area contributed by atoms with Gasteiger partial charge in [0, 0.05) is 11.7 Å². The van der Waals surface area contributed by atoms with E-state index in [9.17, 15) is 27.1 Å². The van der Waals surface area contributed by atoms with Crippen LogP contribution in [0.15, 0.2) is 39.7 Å². The summed E-state index contributed by atoms with van der Waals surface area (Å²) in [4.78, 5) is 11.9. The molecule has 2 aromatic carbocycles. The second-order valence-corrected chi connectivity index (χ2v) is 9.92. The van der Waals surface area contributed by atoms with Crippen LogP contribution in [0.4, 0.5) is 14.5 Å². The molecule has 30 heavy (non-hydrogen) atoms. The van der Waals surface area contributed by atoms with Gasteiger partial charge in [0.25, 0.3) is 5.91 Å². The Balaban J connectivity index is 1.85. The summed E-state index contributed by atoms with van der Waals surface area (Å²) in [5, 5.41) is 11.7. The highest BCUT2D eigenvalue weighted by Crippen LogP contribution is 2.27.